The zero-order valence-electron chi connectivity index (χ0n) is 13.0. The maximum Gasteiger partial charge on any atom is 0.311 e. The van der Waals surface area contributed by atoms with Crippen molar-refractivity contribution in [2.45, 2.75) is 12.0 Å². The van der Waals surface area contributed by atoms with Crippen molar-refractivity contribution in [3.8, 4) is 0 Å². The molecule has 2 aromatic carbocycles. The molecule has 1 heterocycles. The van der Waals surface area contributed by atoms with Crippen LogP contribution in [0.3, 0.4) is 0 Å². The molecule has 0 radical (unpaired) electrons. The van der Waals surface area contributed by atoms with E-state index in [9.17, 15) is 4.79 Å². The number of carbonyl (C=O) groups is 1. The van der Waals surface area contributed by atoms with E-state index >= 15 is 0 Å². The Hall–Kier alpha value is -2.13. The summed E-state index contributed by atoms with van der Waals surface area (Å²) in [7, 11) is 3.98. The van der Waals surface area contributed by atoms with Crippen molar-refractivity contribution in [3.63, 3.8) is 0 Å². The third-order valence-electron chi connectivity index (χ3n) is 4.18. The molecule has 2 aromatic rings. The van der Waals surface area contributed by atoms with Crippen LogP contribution in [0.4, 0.5) is 0 Å². The van der Waals surface area contributed by atoms with Gasteiger partial charge in [0.05, 0.1) is 5.92 Å². The molecule has 1 fully saturated rings. The first-order valence-electron chi connectivity index (χ1n) is 7.62. The maximum atomic E-state index is 12.4. The average Bonchev–Trinajstić information content (AvgIpc) is 2.85. The first-order chi connectivity index (χ1) is 10.7. The molecule has 1 aliphatic rings. The van der Waals surface area contributed by atoms with E-state index < -0.39 is 0 Å². The Morgan fingerprint density at radius 3 is 2.00 bits per heavy atom. The topological polar surface area (TPSA) is 29.5 Å². The molecule has 0 unspecified atom stereocenters. The van der Waals surface area contributed by atoms with Gasteiger partial charge in [0.25, 0.3) is 0 Å². The molecule has 0 aromatic heterocycles. The van der Waals surface area contributed by atoms with Crippen molar-refractivity contribution in [2.75, 3.05) is 20.6 Å². The Labute approximate surface area is 131 Å². The molecule has 3 atom stereocenters. The normalized spacial score (nSPS) is 24.5. The van der Waals surface area contributed by atoms with Crippen molar-refractivity contribution in [1.29, 1.82) is 0 Å². The molecule has 22 heavy (non-hydrogen) atoms. The molecule has 0 aliphatic carbocycles. The Bertz CT molecular complexity index is 624. The SMILES string of the molecule is CN(C)C[C@H]1C(=O)O[C@@H](c2ccccc2)[C@@H]1c1ccccc1. The smallest absolute Gasteiger partial charge is 0.311 e. The third-order valence-corrected chi connectivity index (χ3v) is 4.18. The van der Waals surface area contributed by atoms with E-state index in [2.05, 4.69) is 17.0 Å². The molecule has 3 heteroatoms. The van der Waals surface area contributed by atoms with Gasteiger partial charge in [-0.3, -0.25) is 4.79 Å². The third kappa shape index (κ3) is 2.90. The van der Waals surface area contributed by atoms with E-state index in [0.717, 1.165) is 11.1 Å². The number of carbonyl (C=O) groups excluding carboxylic acids is 1. The molecule has 0 spiro atoms. The Morgan fingerprint density at radius 1 is 0.909 bits per heavy atom. The molecular formula is C19H21NO2. The first kappa shape index (κ1) is 14.8. The molecule has 0 N–H and O–H groups in total. The zero-order chi connectivity index (χ0) is 15.5. The predicted octanol–water partition coefficient (Wildman–Crippen LogP) is 3.25. The highest BCUT2D eigenvalue weighted by molar-refractivity contribution is 5.77. The van der Waals surface area contributed by atoms with Gasteiger partial charge in [0, 0.05) is 12.5 Å². The van der Waals surface area contributed by atoms with E-state index in [1.165, 1.54) is 0 Å². The first-order valence-corrected chi connectivity index (χ1v) is 7.62. The van der Waals surface area contributed by atoms with Crippen molar-refractivity contribution in [1.82, 2.24) is 4.90 Å². The summed E-state index contributed by atoms with van der Waals surface area (Å²) in [6.07, 6.45) is -0.207. The van der Waals surface area contributed by atoms with Crippen LogP contribution in [0.25, 0.3) is 0 Å². The Morgan fingerprint density at radius 2 is 1.45 bits per heavy atom. The molecule has 1 aliphatic heterocycles. The van der Waals surface area contributed by atoms with Gasteiger partial charge in [-0.15, -0.1) is 0 Å². The molecule has 0 saturated carbocycles. The summed E-state index contributed by atoms with van der Waals surface area (Å²) in [5.41, 5.74) is 2.22. The van der Waals surface area contributed by atoms with E-state index in [4.69, 9.17) is 4.74 Å². The lowest BCUT2D eigenvalue weighted by Gasteiger charge is -2.23. The summed E-state index contributed by atoms with van der Waals surface area (Å²) < 4.78 is 5.76. The number of hydrogen-bond acceptors (Lipinski definition) is 3. The van der Waals surface area contributed by atoms with E-state index in [0.29, 0.717) is 6.54 Å². The molecule has 0 amide bonds. The quantitative estimate of drug-likeness (QED) is 0.811. The number of nitrogens with zero attached hydrogens (tertiary/aromatic N) is 1. The number of ether oxygens (including phenoxy) is 1. The zero-order valence-corrected chi connectivity index (χ0v) is 13.0. The highest BCUT2D eigenvalue weighted by Crippen LogP contribution is 2.46. The Balaban J connectivity index is 2.00. The fourth-order valence-electron chi connectivity index (χ4n) is 3.23. The number of esters is 1. The van der Waals surface area contributed by atoms with Gasteiger partial charge in [-0.05, 0) is 25.2 Å². The van der Waals surface area contributed by atoms with E-state index in [1.807, 2.05) is 62.6 Å². The van der Waals surface area contributed by atoms with Crippen molar-refractivity contribution in [2.24, 2.45) is 5.92 Å². The van der Waals surface area contributed by atoms with Crippen molar-refractivity contribution >= 4 is 5.97 Å². The van der Waals surface area contributed by atoms with Gasteiger partial charge in [-0.2, -0.15) is 0 Å². The van der Waals surface area contributed by atoms with Gasteiger partial charge in [0.2, 0.25) is 0 Å². The molecule has 114 valence electrons. The lowest BCUT2D eigenvalue weighted by Crippen LogP contribution is -2.28. The van der Waals surface area contributed by atoms with Gasteiger partial charge in [0.1, 0.15) is 6.10 Å². The lowest BCUT2D eigenvalue weighted by atomic mass is 9.81. The molecule has 3 rings (SSSR count). The van der Waals surface area contributed by atoms with Crippen molar-refractivity contribution in [3.05, 3.63) is 71.8 Å². The number of cyclic esters (lactones) is 1. The molecule has 3 nitrogen and oxygen atoms in total. The molecular weight excluding hydrogens is 274 g/mol. The number of hydrogen-bond donors (Lipinski definition) is 0. The second-order valence-electron chi connectivity index (χ2n) is 6.07. The van der Waals surface area contributed by atoms with Crippen molar-refractivity contribution < 1.29 is 9.53 Å². The van der Waals surface area contributed by atoms with Gasteiger partial charge in [-0.25, -0.2) is 0 Å². The predicted molar refractivity (Wildman–Crippen MR) is 86.5 cm³/mol. The minimum Gasteiger partial charge on any atom is -0.457 e. The summed E-state index contributed by atoms with van der Waals surface area (Å²) in [6, 6.07) is 20.2. The summed E-state index contributed by atoms with van der Waals surface area (Å²) >= 11 is 0. The minimum atomic E-state index is -0.207. The highest BCUT2D eigenvalue weighted by atomic mass is 16.6. The number of rotatable bonds is 4. The van der Waals surface area contributed by atoms with Crippen LogP contribution in [0, 0.1) is 5.92 Å². The fourth-order valence-corrected chi connectivity index (χ4v) is 3.23. The summed E-state index contributed by atoms with van der Waals surface area (Å²) in [6.45, 7) is 0.696. The van der Waals surface area contributed by atoms with Gasteiger partial charge in [0.15, 0.2) is 0 Å². The molecule has 1 saturated heterocycles. The minimum absolute atomic E-state index is 0.0542. The molecule has 0 bridgehead atoms. The number of benzene rings is 2. The van der Waals surface area contributed by atoms with E-state index in [1.54, 1.807) is 0 Å². The standard InChI is InChI=1S/C19H21NO2/c1-20(2)13-16-17(14-9-5-3-6-10-14)18(22-19(16)21)15-11-7-4-8-12-15/h3-12,16-18H,13H2,1-2H3/t16-,17-,18+/m1/s1. The Kier molecular flexibility index (Phi) is 4.25. The summed E-state index contributed by atoms with van der Waals surface area (Å²) in [4.78, 5) is 14.5. The maximum absolute atomic E-state index is 12.4. The lowest BCUT2D eigenvalue weighted by molar-refractivity contribution is -0.144. The second kappa shape index (κ2) is 6.32. The van der Waals surface area contributed by atoms with Gasteiger partial charge in [-0.1, -0.05) is 60.7 Å². The van der Waals surface area contributed by atoms with Gasteiger partial charge < -0.3 is 9.64 Å². The summed E-state index contributed by atoms with van der Waals surface area (Å²) in [5, 5.41) is 0. The largest absolute Gasteiger partial charge is 0.457 e. The van der Waals surface area contributed by atoms with Crippen LogP contribution in [0.15, 0.2) is 60.7 Å². The average molecular weight is 295 g/mol. The second-order valence-corrected chi connectivity index (χ2v) is 6.07. The highest BCUT2D eigenvalue weighted by Gasteiger charge is 2.46. The fraction of sp³-hybridized carbons (Fsp3) is 0.316. The van der Waals surface area contributed by atoms with Crippen LogP contribution in [0.1, 0.15) is 23.1 Å². The van der Waals surface area contributed by atoms with E-state index in [-0.39, 0.29) is 23.9 Å². The van der Waals surface area contributed by atoms with Crippen LogP contribution in [0.2, 0.25) is 0 Å². The van der Waals surface area contributed by atoms with Gasteiger partial charge >= 0.3 is 5.97 Å². The summed E-state index contributed by atoms with van der Waals surface area (Å²) in [5.74, 6) is -0.183. The van der Waals surface area contributed by atoms with Crippen LogP contribution < -0.4 is 0 Å². The van der Waals surface area contributed by atoms with Crippen LogP contribution in [-0.2, 0) is 9.53 Å². The van der Waals surface area contributed by atoms with Crippen LogP contribution >= 0.6 is 0 Å². The van der Waals surface area contributed by atoms with Crippen LogP contribution in [-0.4, -0.2) is 31.5 Å². The van der Waals surface area contributed by atoms with Crippen LogP contribution in [0.5, 0.6) is 0 Å². The monoisotopic (exact) mass is 295 g/mol.